The second kappa shape index (κ2) is 6.69. The van der Waals surface area contributed by atoms with Gasteiger partial charge in [0, 0.05) is 11.1 Å². The highest BCUT2D eigenvalue weighted by atomic mass is 32.1. The summed E-state index contributed by atoms with van der Waals surface area (Å²) < 4.78 is 6.33. The molecule has 0 bridgehead atoms. The molecule has 124 valence electrons. The van der Waals surface area contributed by atoms with Crippen LogP contribution in [-0.4, -0.2) is 11.2 Å². The van der Waals surface area contributed by atoms with Crippen molar-refractivity contribution in [2.24, 2.45) is 0 Å². The summed E-state index contributed by atoms with van der Waals surface area (Å²) in [7, 11) is 0. The fourth-order valence-corrected chi connectivity index (χ4v) is 3.87. The van der Waals surface area contributed by atoms with Crippen molar-refractivity contribution in [2.75, 3.05) is 0 Å². The second-order valence-corrected chi connectivity index (χ2v) is 6.61. The average molecular weight is 345 g/mol. The van der Waals surface area contributed by atoms with E-state index in [0.717, 1.165) is 17.5 Å². The summed E-state index contributed by atoms with van der Waals surface area (Å²) in [4.78, 5) is 0. The molecule has 4 rings (SSSR count). The number of ether oxygens (including phenoxy) is 1. The monoisotopic (exact) mass is 345 g/mol. The van der Waals surface area contributed by atoms with Crippen molar-refractivity contribution in [1.82, 2.24) is 5.32 Å². The van der Waals surface area contributed by atoms with E-state index in [1.165, 1.54) is 5.56 Å². The Morgan fingerprint density at radius 2 is 1.24 bits per heavy atom. The Kier molecular flexibility index (Phi) is 4.24. The van der Waals surface area contributed by atoms with Gasteiger partial charge in [0.15, 0.2) is 5.60 Å². The summed E-state index contributed by atoms with van der Waals surface area (Å²) in [5.74, 6) is 0. The van der Waals surface area contributed by atoms with Gasteiger partial charge in [-0.15, -0.1) is 0 Å². The SMILES string of the molecule is S=C1N[C@H](Cc2ccccc2)C(c2ccccc2)(c2ccccc2)O1. The van der Waals surface area contributed by atoms with Crippen LogP contribution in [0.25, 0.3) is 0 Å². The first-order valence-corrected chi connectivity index (χ1v) is 8.84. The molecule has 3 aromatic carbocycles. The molecule has 0 unspecified atom stereocenters. The number of thiocarbonyl (C=S) groups is 1. The van der Waals surface area contributed by atoms with Gasteiger partial charge < -0.3 is 10.1 Å². The lowest BCUT2D eigenvalue weighted by molar-refractivity contribution is 0.107. The fraction of sp³-hybridized carbons (Fsp3) is 0.136. The Morgan fingerprint density at radius 3 is 1.76 bits per heavy atom. The summed E-state index contributed by atoms with van der Waals surface area (Å²) in [5, 5.41) is 3.85. The third kappa shape index (κ3) is 2.92. The molecule has 0 saturated carbocycles. The molecule has 3 heteroatoms. The maximum atomic E-state index is 6.33. The minimum absolute atomic E-state index is 0.0206. The van der Waals surface area contributed by atoms with E-state index in [1.54, 1.807) is 0 Å². The molecule has 1 heterocycles. The zero-order valence-corrected chi connectivity index (χ0v) is 14.6. The quantitative estimate of drug-likeness (QED) is 0.706. The zero-order chi connectivity index (χ0) is 17.1. The number of hydrogen-bond acceptors (Lipinski definition) is 2. The predicted molar refractivity (Wildman–Crippen MR) is 104 cm³/mol. The Hall–Kier alpha value is -2.65. The van der Waals surface area contributed by atoms with Crippen molar-refractivity contribution >= 4 is 17.4 Å². The summed E-state index contributed by atoms with van der Waals surface area (Å²) >= 11 is 5.43. The van der Waals surface area contributed by atoms with Crippen LogP contribution in [0.4, 0.5) is 0 Å². The topological polar surface area (TPSA) is 21.3 Å². The molecule has 0 aliphatic carbocycles. The molecule has 0 amide bonds. The van der Waals surface area contributed by atoms with Crippen molar-refractivity contribution in [3.8, 4) is 0 Å². The van der Waals surface area contributed by atoms with Gasteiger partial charge in [0.1, 0.15) is 0 Å². The van der Waals surface area contributed by atoms with E-state index in [0.29, 0.717) is 5.17 Å². The Labute approximate surface area is 153 Å². The second-order valence-electron chi connectivity index (χ2n) is 6.24. The minimum atomic E-state index is -0.630. The lowest BCUT2D eigenvalue weighted by atomic mass is 9.78. The molecule has 1 aliphatic heterocycles. The molecule has 25 heavy (non-hydrogen) atoms. The Morgan fingerprint density at radius 1 is 0.760 bits per heavy atom. The first-order chi connectivity index (χ1) is 12.3. The maximum Gasteiger partial charge on any atom is 0.258 e. The molecule has 1 N–H and O–H groups in total. The lowest BCUT2D eigenvalue weighted by Crippen LogP contribution is -2.43. The molecule has 1 saturated heterocycles. The molecule has 0 aromatic heterocycles. The number of benzene rings is 3. The summed E-state index contributed by atoms with van der Waals surface area (Å²) in [5.41, 5.74) is 2.84. The maximum absolute atomic E-state index is 6.33. The third-order valence-electron chi connectivity index (χ3n) is 4.72. The van der Waals surface area contributed by atoms with Crippen LogP contribution >= 0.6 is 12.2 Å². The summed E-state index contributed by atoms with van der Waals surface area (Å²) in [6.45, 7) is 0. The first kappa shape index (κ1) is 15.9. The molecule has 0 radical (unpaired) electrons. The van der Waals surface area contributed by atoms with Crippen LogP contribution in [0.3, 0.4) is 0 Å². The minimum Gasteiger partial charge on any atom is -0.452 e. The highest BCUT2D eigenvalue weighted by Crippen LogP contribution is 2.41. The van der Waals surface area contributed by atoms with E-state index in [-0.39, 0.29) is 6.04 Å². The van der Waals surface area contributed by atoms with Gasteiger partial charge in [0.25, 0.3) is 5.17 Å². The van der Waals surface area contributed by atoms with E-state index < -0.39 is 5.60 Å². The van der Waals surface area contributed by atoms with Crippen LogP contribution in [0.5, 0.6) is 0 Å². The first-order valence-electron chi connectivity index (χ1n) is 8.43. The molecule has 1 atom stereocenters. The fourth-order valence-electron chi connectivity index (χ4n) is 3.59. The van der Waals surface area contributed by atoms with Gasteiger partial charge in [0.2, 0.25) is 0 Å². The van der Waals surface area contributed by atoms with Crippen molar-refractivity contribution in [3.63, 3.8) is 0 Å². The standard InChI is InChI=1S/C22H19NOS/c25-21-23-20(16-17-10-4-1-5-11-17)22(24-21,18-12-6-2-7-13-18)19-14-8-3-9-15-19/h1-15,20H,16H2,(H,23,25)/t20-/m1/s1. The van der Waals surface area contributed by atoms with E-state index >= 15 is 0 Å². The number of rotatable bonds is 4. The van der Waals surface area contributed by atoms with E-state index in [1.807, 2.05) is 42.5 Å². The molecule has 1 aliphatic rings. The normalized spacial score (nSPS) is 18.4. The van der Waals surface area contributed by atoms with Crippen molar-refractivity contribution in [2.45, 2.75) is 18.1 Å². The van der Waals surface area contributed by atoms with Crippen LogP contribution in [0, 0.1) is 0 Å². The largest absolute Gasteiger partial charge is 0.452 e. The highest BCUT2D eigenvalue weighted by Gasteiger charge is 2.50. The van der Waals surface area contributed by atoms with E-state index in [9.17, 15) is 0 Å². The van der Waals surface area contributed by atoms with Crippen LogP contribution < -0.4 is 5.32 Å². The van der Waals surface area contributed by atoms with Crippen LogP contribution in [-0.2, 0) is 16.8 Å². The number of nitrogens with one attached hydrogen (secondary N) is 1. The van der Waals surface area contributed by atoms with Gasteiger partial charge in [-0.2, -0.15) is 0 Å². The highest BCUT2D eigenvalue weighted by molar-refractivity contribution is 7.80. The number of hydrogen-bond donors (Lipinski definition) is 1. The van der Waals surface area contributed by atoms with Gasteiger partial charge in [-0.25, -0.2) is 0 Å². The average Bonchev–Trinajstić information content (AvgIpc) is 3.01. The molecular formula is C22H19NOS. The third-order valence-corrected chi connectivity index (χ3v) is 4.93. The van der Waals surface area contributed by atoms with E-state index in [4.69, 9.17) is 17.0 Å². The smallest absolute Gasteiger partial charge is 0.258 e. The van der Waals surface area contributed by atoms with Crippen molar-refractivity contribution in [1.29, 1.82) is 0 Å². The van der Waals surface area contributed by atoms with Crippen LogP contribution in [0.1, 0.15) is 16.7 Å². The summed E-state index contributed by atoms with van der Waals surface area (Å²) in [6, 6.07) is 31.1. The molecule has 3 aromatic rings. The van der Waals surface area contributed by atoms with Gasteiger partial charge in [0.05, 0.1) is 6.04 Å². The molecular weight excluding hydrogens is 326 g/mol. The summed E-state index contributed by atoms with van der Waals surface area (Å²) in [6.07, 6.45) is 0.824. The molecule has 1 fully saturated rings. The van der Waals surface area contributed by atoms with Crippen LogP contribution in [0.15, 0.2) is 91.0 Å². The van der Waals surface area contributed by atoms with Gasteiger partial charge in [-0.3, -0.25) is 0 Å². The zero-order valence-electron chi connectivity index (χ0n) is 13.8. The molecule has 0 spiro atoms. The lowest BCUT2D eigenvalue weighted by Gasteiger charge is -2.34. The predicted octanol–water partition coefficient (Wildman–Crippen LogP) is 4.45. The van der Waals surface area contributed by atoms with Gasteiger partial charge in [-0.1, -0.05) is 91.0 Å². The Balaban J connectivity index is 1.85. The van der Waals surface area contributed by atoms with Gasteiger partial charge >= 0.3 is 0 Å². The van der Waals surface area contributed by atoms with E-state index in [2.05, 4.69) is 53.8 Å². The van der Waals surface area contributed by atoms with Crippen LogP contribution in [0.2, 0.25) is 0 Å². The van der Waals surface area contributed by atoms with Gasteiger partial charge in [-0.05, 0) is 24.2 Å². The Bertz CT molecular complexity index is 809. The van der Waals surface area contributed by atoms with Crippen molar-refractivity contribution < 1.29 is 4.74 Å². The van der Waals surface area contributed by atoms with Crippen molar-refractivity contribution in [3.05, 3.63) is 108 Å². The molecule has 2 nitrogen and oxygen atoms in total.